The summed E-state index contributed by atoms with van der Waals surface area (Å²) in [5, 5.41) is 0. The van der Waals surface area contributed by atoms with Crippen molar-refractivity contribution in [2.45, 2.75) is 13.8 Å². The lowest BCUT2D eigenvalue weighted by Gasteiger charge is -2.03. The van der Waals surface area contributed by atoms with Crippen LogP contribution in [0.25, 0.3) is 0 Å². The molecule has 0 spiro atoms. The maximum absolute atomic E-state index is 10.8. The van der Waals surface area contributed by atoms with Gasteiger partial charge in [0.1, 0.15) is 18.5 Å². The average Bonchev–Trinajstić information content (AvgIpc) is 1.90. The van der Waals surface area contributed by atoms with Gasteiger partial charge in [0.25, 0.3) is 0 Å². The first-order valence-electron chi connectivity index (χ1n) is 3.07. The van der Waals surface area contributed by atoms with Gasteiger partial charge in [0.05, 0.1) is 0 Å². The Bertz CT molecular complexity index is 141. The van der Waals surface area contributed by atoms with Crippen LogP contribution in [0.5, 0.6) is 0 Å². The van der Waals surface area contributed by atoms with E-state index in [9.17, 15) is 14.4 Å². The Hall–Kier alpha value is -0.990. The van der Waals surface area contributed by atoms with E-state index < -0.39 is 5.92 Å². The Labute approximate surface area is 59.4 Å². The van der Waals surface area contributed by atoms with E-state index in [1.165, 1.54) is 0 Å². The number of hydrogen-bond acceptors (Lipinski definition) is 3. The van der Waals surface area contributed by atoms with E-state index in [-0.39, 0.29) is 11.7 Å². The van der Waals surface area contributed by atoms with Crippen LogP contribution >= 0.6 is 0 Å². The summed E-state index contributed by atoms with van der Waals surface area (Å²) in [5.74, 6) is -1.62. The molecular formula is C7H10O3. The summed E-state index contributed by atoms with van der Waals surface area (Å²) in [6, 6.07) is 0. The molecule has 0 heterocycles. The van der Waals surface area contributed by atoms with E-state index in [0.717, 1.165) is 0 Å². The molecular weight excluding hydrogens is 132 g/mol. The van der Waals surface area contributed by atoms with Gasteiger partial charge in [0.15, 0.2) is 5.78 Å². The number of carbonyl (C=O) groups excluding carboxylic acids is 3. The van der Waals surface area contributed by atoms with E-state index >= 15 is 0 Å². The minimum absolute atomic E-state index is 0.250. The van der Waals surface area contributed by atoms with Gasteiger partial charge in [-0.1, -0.05) is 13.8 Å². The summed E-state index contributed by atoms with van der Waals surface area (Å²) >= 11 is 0. The van der Waals surface area contributed by atoms with Crippen molar-refractivity contribution in [3.63, 3.8) is 0 Å². The van der Waals surface area contributed by atoms with E-state index in [2.05, 4.69) is 0 Å². The molecule has 0 saturated heterocycles. The molecule has 0 saturated carbocycles. The fourth-order valence-corrected chi connectivity index (χ4v) is 0.551. The Balaban J connectivity index is 4.15. The van der Waals surface area contributed by atoms with Crippen molar-refractivity contribution in [1.29, 1.82) is 0 Å². The molecule has 10 heavy (non-hydrogen) atoms. The maximum Gasteiger partial charge on any atom is 0.152 e. The molecule has 56 valence electrons. The third-order valence-corrected chi connectivity index (χ3v) is 1.19. The summed E-state index contributed by atoms with van der Waals surface area (Å²) in [5.41, 5.74) is 0. The lowest BCUT2D eigenvalue weighted by molar-refractivity contribution is -0.133. The molecule has 0 aliphatic heterocycles. The lowest BCUT2D eigenvalue weighted by atomic mass is 9.98. The Morgan fingerprint density at radius 2 is 1.60 bits per heavy atom. The maximum atomic E-state index is 10.8. The quantitative estimate of drug-likeness (QED) is 0.417. The van der Waals surface area contributed by atoms with E-state index in [1.807, 2.05) is 0 Å². The molecule has 0 aromatic carbocycles. The fourth-order valence-electron chi connectivity index (χ4n) is 0.551. The monoisotopic (exact) mass is 142 g/mol. The van der Waals surface area contributed by atoms with Gasteiger partial charge in [0.2, 0.25) is 0 Å². The Morgan fingerprint density at radius 3 is 1.70 bits per heavy atom. The van der Waals surface area contributed by atoms with Crippen LogP contribution < -0.4 is 0 Å². The van der Waals surface area contributed by atoms with Gasteiger partial charge < -0.3 is 9.59 Å². The largest absolute Gasteiger partial charge is 0.302 e. The Morgan fingerprint density at radius 1 is 1.20 bits per heavy atom. The molecule has 0 N–H and O–H groups in total. The zero-order chi connectivity index (χ0) is 8.15. The van der Waals surface area contributed by atoms with Gasteiger partial charge >= 0.3 is 0 Å². The van der Waals surface area contributed by atoms with Gasteiger partial charge in [0, 0.05) is 5.92 Å². The molecule has 3 heteroatoms. The van der Waals surface area contributed by atoms with Crippen LogP contribution in [0.2, 0.25) is 0 Å². The molecule has 0 aromatic heterocycles. The fraction of sp³-hybridized carbons (Fsp3) is 0.571. The molecule has 0 fully saturated rings. The second kappa shape index (κ2) is 3.93. The van der Waals surface area contributed by atoms with Crippen LogP contribution in [0.4, 0.5) is 0 Å². The molecule has 3 nitrogen and oxygen atoms in total. The van der Waals surface area contributed by atoms with Crippen molar-refractivity contribution < 1.29 is 14.4 Å². The summed E-state index contributed by atoms with van der Waals surface area (Å²) in [4.78, 5) is 30.9. The van der Waals surface area contributed by atoms with E-state index in [0.29, 0.717) is 12.6 Å². The molecule has 0 bridgehead atoms. The predicted octanol–water partition coefficient (Wildman–Crippen LogP) is 0.226. The number of rotatable bonds is 4. The normalized spacial score (nSPS) is 10.0. The van der Waals surface area contributed by atoms with Crippen molar-refractivity contribution in [2.75, 3.05) is 0 Å². The third-order valence-electron chi connectivity index (χ3n) is 1.19. The molecule has 0 aromatic rings. The lowest BCUT2D eigenvalue weighted by Crippen LogP contribution is -2.21. The highest BCUT2D eigenvalue weighted by Crippen LogP contribution is 2.01. The second-order valence-corrected chi connectivity index (χ2v) is 2.36. The molecule has 0 radical (unpaired) electrons. The first-order chi connectivity index (χ1) is 4.63. The molecule has 0 amide bonds. The average molecular weight is 142 g/mol. The molecule has 0 unspecified atom stereocenters. The van der Waals surface area contributed by atoms with Gasteiger partial charge in [-0.2, -0.15) is 0 Å². The highest BCUT2D eigenvalue weighted by Gasteiger charge is 2.18. The molecule has 0 atom stereocenters. The van der Waals surface area contributed by atoms with E-state index in [1.54, 1.807) is 13.8 Å². The molecule has 0 aliphatic carbocycles. The van der Waals surface area contributed by atoms with Crippen molar-refractivity contribution >= 4 is 18.4 Å². The van der Waals surface area contributed by atoms with Crippen molar-refractivity contribution in [1.82, 2.24) is 0 Å². The topological polar surface area (TPSA) is 51.2 Å². The van der Waals surface area contributed by atoms with Gasteiger partial charge in [-0.25, -0.2) is 0 Å². The van der Waals surface area contributed by atoms with E-state index in [4.69, 9.17) is 0 Å². The number of hydrogen-bond donors (Lipinski definition) is 0. The molecule has 0 rings (SSSR count). The highest BCUT2D eigenvalue weighted by molar-refractivity contribution is 6.06. The number of ketones is 1. The van der Waals surface area contributed by atoms with Crippen LogP contribution in [0.3, 0.4) is 0 Å². The van der Waals surface area contributed by atoms with Gasteiger partial charge in [-0.3, -0.25) is 4.79 Å². The Kier molecular flexibility index (Phi) is 3.54. The number of aldehydes is 2. The number of Topliss-reactive ketones (excluding diaryl/α,β-unsaturated/α-hetero) is 1. The van der Waals surface area contributed by atoms with Crippen molar-refractivity contribution in [3.8, 4) is 0 Å². The first-order valence-corrected chi connectivity index (χ1v) is 3.07. The standard InChI is InChI=1S/C7H10O3/c1-5(2)7(10)6(3-8)4-9/h3-6H,1-2H3. The first kappa shape index (κ1) is 9.01. The highest BCUT2D eigenvalue weighted by atomic mass is 16.2. The number of carbonyl (C=O) groups is 3. The minimum Gasteiger partial charge on any atom is -0.302 e. The summed E-state index contributed by atoms with van der Waals surface area (Å²) in [7, 11) is 0. The third kappa shape index (κ3) is 2.09. The molecule has 0 aliphatic rings. The van der Waals surface area contributed by atoms with Crippen LogP contribution in [0, 0.1) is 11.8 Å². The van der Waals surface area contributed by atoms with Gasteiger partial charge in [-0.05, 0) is 0 Å². The zero-order valence-corrected chi connectivity index (χ0v) is 6.03. The SMILES string of the molecule is CC(C)C(=O)C(C=O)C=O. The van der Waals surface area contributed by atoms with Crippen molar-refractivity contribution in [2.24, 2.45) is 11.8 Å². The van der Waals surface area contributed by atoms with Gasteiger partial charge in [-0.15, -0.1) is 0 Å². The zero-order valence-electron chi connectivity index (χ0n) is 6.03. The predicted molar refractivity (Wildman–Crippen MR) is 35.5 cm³/mol. The smallest absolute Gasteiger partial charge is 0.152 e. The second-order valence-electron chi connectivity index (χ2n) is 2.36. The van der Waals surface area contributed by atoms with Crippen LogP contribution in [0.1, 0.15) is 13.8 Å². The van der Waals surface area contributed by atoms with Crippen molar-refractivity contribution in [3.05, 3.63) is 0 Å². The summed E-state index contributed by atoms with van der Waals surface area (Å²) in [6.07, 6.45) is 0.741. The summed E-state index contributed by atoms with van der Waals surface area (Å²) < 4.78 is 0. The minimum atomic E-state index is -1.06. The summed E-state index contributed by atoms with van der Waals surface area (Å²) in [6.45, 7) is 3.31. The van der Waals surface area contributed by atoms with Crippen LogP contribution in [-0.4, -0.2) is 18.4 Å². The van der Waals surface area contributed by atoms with Crippen LogP contribution in [-0.2, 0) is 14.4 Å². The van der Waals surface area contributed by atoms with Crippen LogP contribution in [0.15, 0.2) is 0 Å².